The van der Waals surface area contributed by atoms with Crippen LogP contribution in [0.5, 0.6) is 0 Å². The Morgan fingerprint density at radius 3 is 2.71 bits per heavy atom. The molecule has 0 saturated carbocycles. The Labute approximate surface area is 101 Å². The molecular weight excluding hydrogens is 212 g/mol. The van der Waals surface area contributed by atoms with Gasteiger partial charge in [0.05, 0.1) is 0 Å². The summed E-state index contributed by atoms with van der Waals surface area (Å²) in [6.45, 7) is 5.98. The van der Waals surface area contributed by atoms with Crippen LogP contribution in [0.2, 0.25) is 0 Å². The minimum absolute atomic E-state index is 0.0334. The largest absolute Gasteiger partial charge is 0.326 e. The van der Waals surface area contributed by atoms with E-state index in [1.54, 1.807) is 12.3 Å². The van der Waals surface area contributed by atoms with E-state index in [9.17, 15) is 4.79 Å². The number of aromatic nitrogens is 2. The quantitative estimate of drug-likeness (QED) is 0.858. The van der Waals surface area contributed by atoms with Crippen molar-refractivity contribution >= 4 is 0 Å². The van der Waals surface area contributed by atoms with E-state index in [1.165, 1.54) is 0 Å². The molecule has 0 amide bonds. The fourth-order valence-electron chi connectivity index (χ4n) is 2.12. The number of nitrogens with one attached hydrogen (secondary N) is 1. The molecule has 3 nitrogen and oxygen atoms in total. The van der Waals surface area contributed by atoms with Gasteiger partial charge in [0.2, 0.25) is 5.56 Å². The fourth-order valence-corrected chi connectivity index (χ4v) is 2.12. The number of rotatable bonds is 2. The van der Waals surface area contributed by atoms with Crippen molar-refractivity contribution in [3.05, 3.63) is 51.7 Å². The van der Waals surface area contributed by atoms with Gasteiger partial charge in [0.15, 0.2) is 0 Å². The zero-order valence-corrected chi connectivity index (χ0v) is 10.4. The summed E-state index contributed by atoms with van der Waals surface area (Å²) in [5, 5.41) is 0. The first-order valence-electron chi connectivity index (χ1n) is 5.77. The van der Waals surface area contributed by atoms with Crippen LogP contribution in [0.1, 0.15) is 23.9 Å². The highest BCUT2D eigenvalue weighted by atomic mass is 16.1. The first kappa shape index (κ1) is 11.6. The van der Waals surface area contributed by atoms with Gasteiger partial charge in [-0.05, 0) is 43.5 Å². The molecule has 3 heteroatoms. The number of nitrogens with zero attached hydrogens (tertiary/aromatic N) is 1. The van der Waals surface area contributed by atoms with Gasteiger partial charge in [0.1, 0.15) is 0 Å². The number of aryl methyl sites for hydroxylation is 3. The first-order chi connectivity index (χ1) is 8.11. The minimum atomic E-state index is -0.0334. The van der Waals surface area contributed by atoms with Gasteiger partial charge in [-0.3, -0.25) is 9.78 Å². The molecule has 0 aliphatic rings. The predicted molar refractivity (Wildman–Crippen MR) is 69.1 cm³/mol. The van der Waals surface area contributed by atoms with Crippen LogP contribution in [0.15, 0.2) is 29.2 Å². The highest BCUT2D eigenvalue weighted by molar-refractivity contribution is 5.69. The fraction of sp³-hybridized carbons (Fsp3) is 0.286. The molecule has 0 saturated heterocycles. The molecule has 2 aromatic rings. The Kier molecular flexibility index (Phi) is 3.09. The second-order valence-corrected chi connectivity index (χ2v) is 4.21. The molecule has 0 radical (unpaired) electrons. The SMILES string of the molecule is CCc1[nH]c(=O)cc(C)c1-c1ccnc(C)c1. The van der Waals surface area contributed by atoms with E-state index >= 15 is 0 Å². The maximum Gasteiger partial charge on any atom is 0.248 e. The predicted octanol–water partition coefficient (Wildman–Crippen LogP) is 2.62. The molecule has 0 fully saturated rings. The molecule has 2 rings (SSSR count). The summed E-state index contributed by atoms with van der Waals surface area (Å²) < 4.78 is 0. The van der Waals surface area contributed by atoms with Gasteiger partial charge < -0.3 is 4.98 Å². The molecule has 0 aromatic carbocycles. The molecule has 0 unspecified atom stereocenters. The lowest BCUT2D eigenvalue weighted by molar-refractivity contribution is 1.01. The third kappa shape index (κ3) is 2.28. The third-order valence-corrected chi connectivity index (χ3v) is 2.86. The Bertz CT molecular complexity index is 599. The van der Waals surface area contributed by atoms with Gasteiger partial charge >= 0.3 is 0 Å². The monoisotopic (exact) mass is 228 g/mol. The molecule has 88 valence electrons. The zero-order chi connectivity index (χ0) is 12.4. The average Bonchev–Trinajstić information content (AvgIpc) is 2.27. The van der Waals surface area contributed by atoms with E-state index < -0.39 is 0 Å². The van der Waals surface area contributed by atoms with Gasteiger partial charge in [-0.25, -0.2) is 0 Å². The van der Waals surface area contributed by atoms with E-state index in [4.69, 9.17) is 0 Å². The van der Waals surface area contributed by atoms with E-state index in [0.29, 0.717) is 0 Å². The van der Waals surface area contributed by atoms with E-state index in [1.807, 2.05) is 32.9 Å². The van der Waals surface area contributed by atoms with Crippen molar-refractivity contribution in [2.45, 2.75) is 27.2 Å². The topological polar surface area (TPSA) is 45.8 Å². The molecule has 0 spiro atoms. The van der Waals surface area contributed by atoms with Gasteiger partial charge in [0, 0.05) is 29.2 Å². The number of hydrogen-bond donors (Lipinski definition) is 1. The Hall–Kier alpha value is -1.90. The molecule has 0 aliphatic carbocycles. The Balaban J connectivity index is 2.70. The molecule has 17 heavy (non-hydrogen) atoms. The highest BCUT2D eigenvalue weighted by Crippen LogP contribution is 2.25. The van der Waals surface area contributed by atoms with Crippen molar-refractivity contribution in [2.24, 2.45) is 0 Å². The summed E-state index contributed by atoms with van der Waals surface area (Å²) in [5.74, 6) is 0. The Morgan fingerprint density at radius 2 is 2.06 bits per heavy atom. The third-order valence-electron chi connectivity index (χ3n) is 2.86. The van der Waals surface area contributed by atoms with Crippen LogP contribution in [0.3, 0.4) is 0 Å². The summed E-state index contributed by atoms with van der Waals surface area (Å²) in [6, 6.07) is 5.66. The Morgan fingerprint density at radius 1 is 1.29 bits per heavy atom. The van der Waals surface area contributed by atoms with E-state index in [0.717, 1.165) is 34.5 Å². The van der Waals surface area contributed by atoms with Gasteiger partial charge in [-0.15, -0.1) is 0 Å². The number of hydrogen-bond acceptors (Lipinski definition) is 2. The van der Waals surface area contributed by atoms with Crippen molar-refractivity contribution in [2.75, 3.05) is 0 Å². The van der Waals surface area contributed by atoms with Crippen molar-refractivity contribution in [1.82, 2.24) is 9.97 Å². The lowest BCUT2D eigenvalue weighted by atomic mass is 9.98. The summed E-state index contributed by atoms with van der Waals surface area (Å²) in [6.07, 6.45) is 2.61. The highest BCUT2D eigenvalue weighted by Gasteiger charge is 2.09. The van der Waals surface area contributed by atoms with Gasteiger partial charge in [0.25, 0.3) is 0 Å². The van der Waals surface area contributed by atoms with Crippen molar-refractivity contribution in [3.8, 4) is 11.1 Å². The van der Waals surface area contributed by atoms with Crippen molar-refractivity contribution in [1.29, 1.82) is 0 Å². The van der Waals surface area contributed by atoms with Crippen LogP contribution >= 0.6 is 0 Å². The smallest absolute Gasteiger partial charge is 0.248 e. The average molecular weight is 228 g/mol. The first-order valence-corrected chi connectivity index (χ1v) is 5.77. The molecule has 0 bridgehead atoms. The molecule has 0 atom stereocenters. The number of aromatic amines is 1. The van der Waals surface area contributed by atoms with E-state index in [2.05, 4.69) is 9.97 Å². The second kappa shape index (κ2) is 4.53. The van der Waals surface area contributed by atoms with Crippen LogP contribution in [-0.4, -0.2) is 9.97 Å². The summed E-state index contributed by atoms with van der Waals surface area (Å²) in [5.41, 5.74) is 5.18. The lowest BCUT2D eigenvalue weighted by Crippen LogP contribution is -2.10. The molecular formula is C14H16N2O. The second-order valence-electron chi connectivity index (χ2n) is 4.21. The maximum atomic E-state index is 11.5. The zero-order valence-electron chi connectivity index (χ0n) is 10.4. The molecule has 1 N–H and O–H groups in total. The maximum absolute atomic E-state index is 11.5. The number of H-pyrrole nitrogens is 1. The van der Waals surface area contributed by atoms with Crippen molar-refractivity contribution in [3.63, 3.8) is 0 Å². The van der Waals surface area contributed by atoms with E-state index in [-0.39, 0.29) is 5.56 Å². The van der Waals surface area contributed by atoms with Gasteiger partial charge in [-0.2, -0.15) is 0 Å². The van der Waals surface area contributed by atoms with Crippen LogP contribution in [0.4, 0.5) is 0 Å². The molecule has 2 aromatic heterocycles. The molecule has 2 heterocycles. The summed E-state index contributed by atoms with van der Waals surface area (Å²) >= 11 is 0. The normalized spacial score (nSPS) is 10.5. The number of pyridine rings is 2. The summed E-state index contributed by atoms with van der Waals surface area (Å²) in [7, 11) is 0. The standard InChI is InChI=1S/C14H16N2O/c1-4-12-14(9(2)7-13(17)16-12)11-5-6-15-10(3)8-11/h5-8H,4H2,1-3H3,(H,16,17). The lowest BCUT2D eigenvalue weighted by Gasteiger charge is -2.11. The van der Waals surface area contributed by atoms with Crippen LogP contribution in [0.25, 0.3) is 11.1 Å². The molecule has 0 aliphatic heterocycles. The van der Waals surface area contributed by atoms with Crippen LogP contribution < -0.4 is 5.56 Å². The summed E-state index contributed by atoms with van der Waals surface area (Å²) in [4.78, 5) is 18.6. The van der Waals surface area contributed by atoms with Gasteiger partial charge in [-0.1, -0.05) is 6.92 Å². The van der Waals surface area contributed by atoms with Crippen molar-refractivity contribution < 1.29 is 0 Å². The van der Waals surface area contributed by atoms with Crippen LogP contribution in [-0.2, 0) is 6.42 Å². The minimum Gasteiger partial charge on any atom is -0.326 e. The van der Waals surface area contributed by atoms with Crippen LogP contribution in [0, 0.1) is 13.8 Å².